The van der Waals surface area contributed by atoms with E-state index in [0.29, 0.717) is 11.3 Å². The predicted molar refractivity (Wildman–Crippen MR) is 76.1 cm³/mol. The quantitative estimate of drug-likeness (QED) is 0.901. The molecule has 1 unspecified atom stereocenters. The Kier molecular flexibility index (Phi) is 4.27. The van der Waals surface area contributed by atoms with Gasteiger partial charge < -0.3 is 14.6 Å². The largest absolute Gasteiger partial charge is 0.444 e. The molecule has 0 aliphatic heterocycles. The Labute approximate surface area is 113 Å². The lowest BCUT2D eigenvalue weighted by Crippen LogP contribution is -2.35. The molecule has 18 heavy (non-hydrogen) atoms. The van der Waals surface area contributed by atoms with Gasteiger partial charge >= 0.3 is 0 Å². The average Bonchev–Trinajstić information content (AvgIpc) is 2.61. The lowest BCUT2D eigenvalue weighted by Gasteiger charge is -2.18. The van der Waals surface area contributed by atoms with Gasteiger partial charge in [0.15, 0.2) is 5.22 Å². The van der Waals surface area contributed by atoms with Crippen molar-refractivity contribution in [2.75, 3.05) is 20.6 Å². The molecule has 1 atom stereocenters. The van der Waals surface area contributed by atoms with Crippen LogP contribution in [0.4, 0.5) is 0 Å². The van der Waals surface area contributed by atoms with Gasteiger partial charge in [-0.1, -0.05) is 18.2 Å². The number of halogens is 1. The summed E-state index contributed by atoms with van der Waals surface area (Å²) in [6, 6.07) is 8.34. The monoisotopic (exact) mass is 266 g/mol. The Morgan fingerprint density at radius 1 is 1.33 bits per heavy atom. The number of benzene rings is 1. The van der Waals surface area contributed by atoms with Crippen molar-refractivity contribution < 1.29 is 4.42 Å². The highest BCUT2D eigenvalue weighted by Crippen LogP contribution is 2.29. The van der Waals surface area contributed by atoms with E-state index in [1.807, 2.05) is 24.3 Å². The second kappa shape index (κ2) is 5.74. The molecule has 2 rings (SSSR count). The number of nitrogens with zero attached hydrogens (tertiary/aromatic N) is 1. The van der Waals surface area contributed by atoms with Crippen LogP contribution in [0.5, 0.6) is 0 Å². The molecule has 98 valence electrons. The smallest absolute Gasteiger partial charge is 0.199 e. The third-order valence-electron chi connectivity index (χ3n) is 2.92. The van der Waals surface area contributed by atoms with Crippen molar-refractivity contribution in [2.24, 2.45) is 0 Å². The first-order valence-corrected chi connectivity index (χ1v) is 6.49. The minimum absolute atomic E-state index is 0.407. The highest BCUT2D eigenvalue weighted by atomic mass is 35.5. The molecule has 2 aromatic rings. The number of furan rings is 1. The highest BCUT2D eigenvalue weighted by Gasteiger charge is 2.12. The van der Waals surface area contributed by atoms with E-state index >= 15 is 0 Å². The van der Waals surface area contributed by atoms with Gasteiger partial charge in [0.25, 0.3) is 0 Å². The lowest BCUT2D eigenvalue weighted by molar-refractivity contribution is 0.349. The zero-order chi connectivity index (χ0) is 13.1. The molecule has 1 aromatic carbocycles. The number of rotatable bonds is 5. The van der Waals surface area contributed by atoms with Gasteiger partial charge in [-0.3, -0.25) is 0 Å². The van der Waals surface area contributed by atoms with Gasteiger partial charge in [0.05, 0.1) is 0 Å². The van der Waals surface area contributed by atoms with Gasteiger partial charge in [-0.2, -0.15) is 0 Å². The molecule has 0 aliphatic carbocycles. The molecule has 0 saturated heterocycles. The summed E-state index contributed by atoms with van der Waals surface area (Å²) in [4.78, 5) is 2.16. The van der Waals surface area contributed by atoms with Crippen LogP contribution in [-0.4, -0.2) is 31.6 Å². The minimum atomic E-state index is 0.407. The third kappa shape index (κ3) is 3.05. The second-order valence-corrected chi connectivity index (χ2v) is 5.24. The van der Waals surface area contributed by atoms with Crippen molar-refractivity contribution in [1.82, 2.24) is 10.2 Å². The number of likely N-dealkylation sites (N-methyl/N-ethyl adjacent to an activating group) is 1. The van der Waals surface area contributed by atoms with Gasteiger partial charge in [-0.05, 0) is 38.7 Å². The average molecular weight is 267 g/mol. The van der Waals surface area contributed by atoms with E-state index in [9.17, 15) is 0 Å². The number of para-hydroxylation sites is 1. The molecular formula is C14H19ClN2O. The molecule has 0 aliphatic rings. The molecule has 0 saturated carbocycles. The van der Waals surface area contributed by atoms with Crippen molar-refractivity contribution in [3.63, 3.8) is 0 Å². The van der Waals surface area contributed by atoms with Crippen LogP contribution in [0.2, 0.25) is 5.22 Å². The first-order valence-electron chi connectivity index (χ1n) is 6.12. The molecule has 0 fully saturated rings. The molecule has 1 heterocycles. The van der Waals surface area contributed by atoms with Crippen LogP contribution in [0.3, 0.4) is 0 Å². The summed E-state index contributed by atoms with van der Waals surface area (Å²) in [6.45, 7) is 3.88. The molecule has 3 nitrogen and oxygen atoms in total. The van der Waals surface area contributed by atoms with Crippen LogP contribution < -0.4 is 5.32 Å². The Morgan fingerprint density at radius 2 is 2.06 bits per heavy atom. The van der Waals surface area contributed by atoms with E-state index in [0.717, 1.165) is 29.6 Å². The number of hydrogen-bond acceptors (Lipinski definition) is 3. The van der Waals surface area contributed by atoms with Crippen LogP contribution in [0.25, 0.3) is 11.0 Å². The van der Waals surface area contributed by atoms with Crippen molar-refractivity contribution >= 4 is 22.6 Å². The fourth-order valence-corrected chi connectivity index (χ4v) is 2.37. The Balaban J connectivity index is 2.09. The van der Waals surface area contributed by atoms with Crippen molar-refractivity contribution in [3.05, 3.63) is 35.0 Å². The molecule has 1 N–H and O–H groups in total. The predicted octanol–water partition coefficient (Wildman–Crippen LogP) is 3.13. The summed E-state index contributed by atoms with van der Waals surface area (Å²) in [5.74, 6) is 0. The van der Waals surface area contributed by atoms with Crippen LogP contribution in [-0.2, 0) is 6.54 Å². The normalized spacial score (nSPS) is 13.4. The minimum Gasteiger partial charge on any atom is -0.444 e. The Morgan fingerprint density at radius 3 is 2.78 bits per heavy atom. The molecule has 0 bridgehead atoms. The fourth-order valence-electron chi connectivity index (χ4n) is 2.12. The molecule has 4 heteroatoms. The van der Waals surface area contributed by atoms with Crippen LogP contribution >= 0.6 is 11.6 Å². The number of fused-ring (bicyclic) bond motifs is 1. The van der Waals surface area contributed by atoms with Crippen molar-refractivity contribution in [3.8, 4) is 0 Å². The molecule has 0 radical (unpaired) electrons. The van der Waals surface area contributed by atoms with E-state index in [1.54, 1.807) is 0 Å². The maximum Gasteiger partial charge on any atom is 0.199 e. The molecular weight excluding hydrogens is 248 g/mol. The zero-order valence-corrected chi connectivity index (χ0v) is 11.8. The van der Waals surface area contributed by atoms with Gasteiger partial charge in [0, 0.05) is 30.1 Å². The first-order chi connectivity index (χ1) is 8.58. The van der Waals surface area contributed by atoms with Gasteiger partial charge in [0.2, 0.25) is 0 Å². The second-order valence-electron chi connectivity index (χ2n) is 4.89. The van der Waals surface area contributed by atoms with E-state index in [1.165, 1.54) is 0 Å². The van der Waals surface area contributed by atoms with Crippen molar-refractivity contribution in [2.45, 2.75) is 19.5 Å². The summed E-state index contributed by atoms with van der Waals surface area (Å²) in [5, 5.41) is 5.04. The fraction of sp³-hybridized carbons (Fsp3) is 0.429. The van der Waals surface area contributed by atoms with Crippen LogP contribution in [0.15, 0.2) is 28.7 Å². The van der Waals surface area contributed by atoms with Gasteiger partial charge in [-0.15, -0.1) is 0 Å². The molecule has 0 spiro atoms. The Bertz CT molecular complexity index is 521. The van der Waals surface area contributed by atoms with Gasteiger partial charge in [-0.25, -0.2) is 0 Å². The van der Waals surface area contributed by atoms with Crippen LogP contribution in [0, 0.1) is 0 Å². The van der Waals surface area contributed by atoms with Gasteiger partial charge in [0.1, 0.15) is 5.58 Å². The Hall–Kier alpha value is -1.03. The standard InChI is InChI=1S/C14H19ClN2O/c1-10(9-17(2)3)16-8-12-11-6-4-5-7-13(11)18-14(12)15/h4-7,10,16H,8-9H2,1-3H3. The van der Waals surface area contributed by atoms with E-state index in [2.05, 4.69) is 31.2 Å². The molecule has 0 amide bonds. The van der Waals surface area contributed by atoms with E-state index in [-0.39, 0.29) is 0 Å². The maximum absolute atomic E-state index is 6.14. The molecule has 1 aromatic heterocycles. The van der Waals surface area contributed by atoms with Crippen molar-refractivity contribution in [1.29, 1.82) is 0 Å². The summed E-state index contributed by atoms with van der Waals surface area (Å²) < 4.78 is 5.53. The summed E-state index contributed by atoms with van der Waals surface area (Å²) in [7, 11) is 4.14. The summed E-state index contributed by atoms with van der Waals surface area (Å²) >= 11 is 6.14. The zero-order valence-electron chi connectivity index (χ0n) is 11.0. The summed E-state index contributed by atoms with van der Waals surface area (Å²) in [5.41, 5.74) is 1.89. The van der Waals surface area contributed by atoms with E-state index in [4.69, 9.17) is 16.0 Å². The topological polar surface area (TPSA) is 28.4 Å². The van der Waals surface area contributed by atoms with Crippen LogP contribution in [0.1, 0.15) is 12.5 Å². The van der Waals surface area contributed by atoms with E-state index < -0.39 is 0 Å². The SMILES string of the molecule is CC(CN(C)C)NCc1c(Cl)oc2ccccc12. The highest BCUT2D eigenvalue weighted by molar-refractivity contribution is 6.30. The number of nitrogens with one attached hydrogen (secondary N) is 1. The summed E-state index contributed by atoms with van der Waals surface area (Å²) in [6.07, 6.45) is 0. The maximum atomic E-state index is 6.14. The first kappa shape index (κ1) is 13.4. The number of hydrogen-bond donors (Lipinski definition) is 1. The lowest BCUT2D eigenvalue weighted by atomic mass is 10.1. The third-order valence-corrected chi connectivity index (χ3v) is 3.22.